The van der Waals surface area contributed by atoms with Gasteiger partial charge in [0.25, 0.3) is 0 Å². The smallest absolute Gasteiger partial charge is 0.225 e. The number of hydrogen-bond donors (Lipinski definition) is 1. The fraction of sp³-hybridized carbons (Fsp3) is 0.440. The Labute approximate surface area is 188 Å². The van der Waals surface area contributed by atoms with Crippen LogP contribution in [0.2, 0.25) is 5.02 Å². The van der Waals surface area contributed by atoms with Gasteiger partial charge in [-0.15, -0.1) is 0 Å². The van der Waals surface area contributed by atoms with Crippen LogP contribution in [0.4, 0.5) is 0 Å². The van der Waals surface area contributed by atoms with Gasteiger partial charge in [-0.25, -0.2) is 0 Å². The highest BCUT2D eigenvalue weighted by Gasteiger charge is 2.38. The van der Waals surface area contributed by atoms with E-state index >= 15 is 0 Å². The molecule has 1 atom stereocenters. The summed E-state index contributed by atoms with van der Waals surface area (Å²) in [7, 11) is 0. The second kappa shape index (κ2) is 9.41. The summed E-state index contributed by atoms with van der Waals surface area (Å²) in [6, 6.07) is 16.1. The van der Waals surface area contributed by atoms with Crippen molar-refractivity contribution in [1.82, 2.24) is 10.2 Å². The van der Waals surface area contributed by atoms with Crippen LogP contribution in [0.1, 0.15) is 36.0 Å². The zero-order valence-corrected chi connectivity index (χ0v) is 18.7. The number of nitrogens with zero attached hydrogens (tertiary/aromatic N) is 1. The normalized spacial score (nSPS) is 20.6. The van der Waals surface area contributed by atoms with Crippen molar-refractivity contribution in [2.24, 2.45) is 5.92 Å². The van der Waals surface area contributed by atoms with Crippen LogP contribution in [0.25, 0.3) is 0 Å². The summed E-state index contributed by atoms with van der Waals surface area (Å²) in [5.74, 6) is -0.307. The Morgan fingerprint density at radius 2 is 1.81 bits per heavy atom. The molecule has 2 amide bonds. The predicted octanol–water partition coefficient (Wildman–Crippen LogP) is 3.86. The number of hydrogen-bond acceptors (Lipinski definition) is 3. The number of nitrogens with one attached hydrogen (secondary N) is 1. The van der Waals surface area contributed by atoms with Gasteiger partial charge >= 0.3 is 0 Å². The largest absolute Gasteiger partial charge is 0.381 e. The lowest BCUT2D eigenvalue weighted by Crippen LogP contribution is -2.46. The zero-order chi connectivity index (χ0) is 21.8. The van der Waals surface area contributed by atoms with E-state index in [2.05, 4.69) is 5.32 Å². The molecule has 6 heteroatoms. The maximum atomic E-state index is 13.0. The minimum atomic E-state index is -0.306. The maximum absolute atomic E-state index is 13.0. The van der Waals surface area contributed by atoms with Crippen molar-refractivity contribution in [2.45, 2.75) is 38.1 Å². The van der Waals surface area contributed by atoms with Gasteiger partial charge in [-0.3, -0.25) is 9.59 Å². The summed E-state index contributed by atoms with van der Waals surface area (Å²) in [4.78, 5) is 27.3. The van der Waals surface area contributed by atoms with Gasteiger partial charge in [0, 0.05) is 49.7 Å². The first-order chi connectivity index (χ1) is 14.9. The minimum Gasteiger partial charge on any atom is -0.381 e. The molecule has 4 rings (SSSR count). The molecule has 2 fully saturated rings. The van der Waals surface area contributed by atoms with Crippen molar-refractivity contribution >= 4 is 23.4 Å². The molecule has 31 heavy (non-hydrogen) atoms. The number of benzene rings is 2. The molecule has 0 aliphatic carbocycles. The average Bonchev–Trinajstić information content (AvgIpc) is 3.15. The van der Waals surface area contributed by atoms with E-state index in [9.17, 15) is 9.59 Å². The number of carbonyl (C=O) groups excluding carboxylic acids is 2. The molecule has 2 aliphatic heterocycles. The summed E-state index contributed by atoms with van der Waals surface area (Å²) in [5, 5.41) is 3.86. The molecule has 0 saturated carbocycles. The highest BCUT2D eigenvalue weighted by atomic mass is 35.5. The molecule has 2 aromatic carbocycles. The lowest BCUT2D eigenvalue weighted by atomic mass is 9.74. The Bertz CT molecular complexity index is 921. The molecule has 1 N–H and O–H groups in total. The van der Waals surface area contributed by atoms with Gasteiger partial charge in [0.15, 0.2) is 0 Å². The quantitative estimate of drug-likeness (QED) is 0.742. The van der Waals surface area contributed by atoms with Gasteiger partial charge in [0.2, 0.25) is 11.8 Å². The third kappa shape index (κ3) is 5.10. The number of rotatable bonds is 6. The second-order valence-corrected chi connectivity index (χ2v) is 9.21. The number of likely N-dealkylation sites (tertiary alicyclic amines) is 1. The molecular weight excluding hydrogens is 412 g/mol. The summed E-state index contributed by atoms with van der Waals surface area (Å²) < 4.78 is 5.58. The predicted molar refractivity (Wildman–Crippen MR) is 121 cm³/mol. The fourth-order valence-corrected chi connectivity index (χ4v) is 4.67. The fourth-order valence-electron chi connectivity index (χ4n) is 4.55. The molecule has 2 saturated heterocycles. The SMILES string of the molecule is Cc1ccc(CN2CC(C(=O)NCC3(c4ccc(Cl)cc4)CCOCC3)CC2=O)cc1. The first-order valence-corrected chi connectivity index (χ1v) is 11.3. The lowest BCUT2D eigenvalue weighted by Gasteiger charge is -2.38. The van der Waals surface area contributed by atoms with Crippen LogP contribution in [-0.4, -0.2) is 43.0 Å². The van der Waals surface area contributed by atoms with Crippen molar-refractivity contribution < 1.29 is 14.3 Å². The van der Waals surface area contributed by atoms with Crippen LogP contribution in [0.3, 0.4) is 0 Å². The topological polar surface area (TPSA) is 58.6 Å². The number of carbonyl (C=O) groups is 2. The Kier molecular flexibility index (Phi) is 6.63. The van der Waals surface area contributed by atoms with Gasteiger partial charge in [-0.2, -0.15) is 0 Å². The molecule has 0 radical (unpaired) electrons. The van der Waals surface area contributed by atoms with Gasteiger partial charge in [-0.05, 0) is 43.0 Å². The zero-order valence-electron chi connectivity index (χ0n) is 17.9. The highest BCUT2D eigenvalue weighted by Crippen LogP contribution is 2.35. The van der Waals surface area contributed by atoms with Crippen LogP contribution in [0, 0.1) is 12.8 Å². The van der Waals surface area contributed by atoms with E-state index < -0.39 is 0 Å². The van der Waals surface area contributed by atoms with Crippen molar-refractivity contribution in [2.75, 3.05) is 26.3 Å². The molecule has 2 aromatic rings. The van der Waals surface area contributed by atoms with Crippen LogP contribution in [0.5, 0.6) is 0 Å². The molecule has 2 aliphatic rings. The number of amides is 2. The van der Waals surface area contributed by atoms with E-state index in [-0.39, 0.29) is 29.6 Å². The monoisotopic (exact) mass is 440 g/mol. The van der Waals surface area contributed by atoms with Gasteiger partial charge in [-0.1, -0.05) is 53.6 Å². The molecule has 0 bridgehead atoms. The van der Waals surface area contributed by atoms with E-state index in [1.807, 2.05) is 55.5 Å². The Balaban J connectivity index is 1.38. The van der Waals surface area contributed by atoms with Gasteiger partial charge in [0.1, 0.15) is 0 Å². The maximum Gasteiger partial charge on any atom is 0.225 e. The molecule has 164 valence electrons. The molecule has 0 spiro atoms. The lowest BCUT2D eigenvalue weighted by molar-refractivity contribution is -0.129. The number of ether oxygens (including phenoxy) is 1. The highest BCUT2D eigenvalue weighted by molar-refractivity contribution is 6.30. The van der Waals surface area contributed by atoms with E-state index in [4.69, 9.17) is 16.3 Å². The van der Waals surface area contributed by atoms with Crippen molar-refractivity contribution in [3.63, 3.8) is 0 Å². The molecular formula is C25H29ClN2O3. The molecule has 0 aromatic heterocycles. The van der Waals surface area contributed by atoms with Crippen LogP contribution in [-0.2, 0) is 26.3 Å². The van der Waals surface area contributed by atoms with Gasteiger partial charge < -0.3 is 15.0 Å². The number of aryl methyl sites for hydroxylation is 1. The number of halogens is 1. The standard InChI is InChI=1S/C25H29ClN2O3/c1-18-2-4-19(5-3-18)15-28-16-20(14-23(28)29)24(30)27-17-25(10-12-31-13-11-25)21-6-8-22(26)9-7-21/h2-9,20H,10-17H2,1H3,(H,27,30). The third-order valence-corrected chi connectivity index (χ3v) is 6.84. The van der Waals surface area contributed by atoms with Crippen molar-refractivity contribution in [3.05, 3.63) is 70.2 Å². The Morgan fingerprint density at radius 3 is 2.48 bits per heavy atom. The first-order valence-electron chi connectivity index (χ1n) is 10.9. The van der Waals surface area contributed by atoms with Crippen molar-refractivity contribution in [3.8, 4) is 0 Å². The Morgan fingerprint density at radius 1 is 1.13 bits per heavy atom. The second-order valence-electron chi connectivity index (χ2n) is 8.78. The molecule has 5 nitrogen and oxygen atoms in total. The minimum absolute atomic E-state index is 0.0409. The van der Waals surface area contributed by atoms with E-state index in [1.54, 1.807) is 4.90 Å². The molecule has 2 heterocycles. The van der Waals surface area contributed by atoms with Crippen LogP contribution < -0.4 is 5.32 Å². The summed E-state index contributed by atoms with van der Waals surface area (Å²) in [5.41, 5.74) is 3.28. The van der Waals surface area contributed by atoms with Crippen LogP contribution in [0.15, 0.2) is 48.5 Å². The van der Waals surface area contributed by atoms with Crippen molar-refractivity contribution in [1.29, 1.82) is 0 Å². The van der Waals surface area contributed by atoms with E-state index in [0.29, 0.717) is 37.9 Å². The average molecular weight is 441 g/mol. The summed E-state index contributed by atoms with van der Waals surface area (Å²) in [6.07, 6.45) is 1.96. The Hall–Kier alpha value is -2.37. The van der Waals surface area contributed by atoms with E-state index in [1.165, 1.54) is 11.1 Å². The summed E-state index contributed by atoms with van der Waals surface area (Å²) in [6.45, 7) is 4.94. The van der Waals surface area contributed by atoms with Gasteiger partial charge in [0.05, 0.1) is 5.92 Å². The first kappa shape index (κ1) is 21.8. The summed E-state index contributed by atoms with van der Waals surface area (Å²) >= 11 is 6.07. The van der Waals surface area contributed by atoms with E-state index in [0.717, 1.165) is 18.4 Å². The molecule has 1 unspecified atom stereocenters. The van der Waals surface area contributed by atoms with Crippen LogP contribution >= 0.6 is 11.6 Å². The third-order valence-electron chi connectivity index (χ3n) is 6.59.